The van der Waals surface area contributed by atoms with Crippen LogP contribution < -0.4 is 10.2 Å². The number of hydrogen-bond acceptors (Lipinski definition) is 6. The first-order valence-electron chi connectivity index (χ1n) is 7.34. The van der Waals surface area contributed by atoms with Crippen molar-refractivity contribution in [2.24, 2.45) is 5.92 Å². The maximum absolute atomic E-state index is 12.3. The summed E-state index contributed by atoms with van der Waals surface area (Å²) in [4.78, 5) is 22.9. The van der Waals surface area contributed by atoms with Crippen LogP contribution in [-0.4, -0.2) is 51.7 Å². The molecule has 0 bridgehead atoms. The van der Waals surface area contributed by atoms with Crippen molar-refractivity contribution in [1.29, 1.82) is 0 Å². The molecule has 8 nitrogen and oxygen atoms in total. The summed E-state index contributed by atoms with van der Waals surface area (Å²) >= 11 is 0. The van der Waals surface area contributed by atoms with Crippen molar-refractivity contribution in [1.82, 2.24) is 24.9 Å². The summed E-state index contributed by atoms with van der Waals surface area (Å²) in [5.41, 5.74) is 0.770. The molecule has 1 aliphatic heterocycles. The number of carbonyl (C=O) groups is 1. The van der Waals surface area contributed by atoms with Crippen LogP contribution in [0, 0.1) is 5.92 Å². The molecular weight excluding hydrogens is 284 g/mol. The fraction of sp³-hybridized carbons (Fsp3) is 0.571. The highest BCUT2D eigenvalue weighted by molar-refractivity contribution is 5.86. The standard InChI is InChI=1S/C14H20N6O2/c1-9(2)12-13(21)15-4-5-19(12)11-6-10(7-22-3)18-14-16-8-17-20(11)14/h6,8-9,12H,4-5,7H2,1-3H3,(H,15,21)/t12-/m1/s1. The molecule has 0 aliphatic carbocycles. The van der Waals surface area contributed by atoms with Gasteiger partial charge in [0.1, 0.15) is 18.2 Å². The number of ether oxygens (including phenoxy) is 1. The van der Waals surface area contributed by atoms with E-state index >= 15 is 0 Å². The van der Waals surface area contributed by atoms with Crippen LogP contribution in [0.2, 0.25) is 0 Å². The fourth-order valence-electron chi connectivity index (χ4n) is 2.87. The lowest BCUT2D eigenvalue weighted by atomic mass is 9.99. The van der Waals surface area contributed by atoms with Gasteiger partial charge in [-0.3, -0.25) is 4.79 Å². The molecular formula is C14H20N6O2. The number of piperazine rings is 1. The van der Waals surface area contributed by atoms with Crippen molar-refractivity contribution in [3.05, 3.63) is 18.1 Å². The highest BCUT2D eigenvalue weighted by Crippen LogP contribution is 2.24. The Morgan fingerprint density at radius 1 is 1.50 bits per heavy atom. The first-order valence-corrected chi connectivity index (χ1v) is 7.34. The van der Waals surface area contributed by atoms with E-state index in [4.69, 9.17) is 4.74 Å². The lowest BCUT2D eigenvalue weighted by Gasteiger charge is -2.38. The highest BCUT2D eigenvalue weighted by Gasteiger charge is 2.34. The van der Waals surface area contributed by atoms with Crippen LogP contribution in [0.25, 0.3) is 5.78 Å². The monoisotopic (exact) mass is 304 g/mol. The molecule has 3 heterocycles. The predicted molar refractivity (Wildman–Crippen MR) is 80.5 cm³/mol. The maximum atomic E-state index is 12.3. The topological polar surface area (TPSA) is 84.7 Å². The molecule has 3 rings (SSSR count). The molecule has 1 atom stereocenters. The normalized spacial score (nSPS) is 19.0. The number of rotatable bonds is 4. The van der Waals surface area contributed by atoms with Crippen molar-refractivity contribution < 1.29 is 9.53 Å². The summed E-state index contributed by atoms with van der Waals surface area (Å²) in [5.74, 6) is 1.55. The van der Waals surface area contributed by atoms with Gasteiger partial charge in [-0.15, -0.1) is 0 Å². The summed E-state index contributed by atoms with van der Waals surface area (Å²) < 4.78 is 6.85. The fourth-order valence-corrected chi connectivity index (χ4v) is 2.87. The highest BCUT2D eigenvalue weighted by atomic mass is 16.5. The molecule has 0 unspecified atom stereocenters. The first-order chi connectivity index (χ1) is 10.6. The third-order valence-corrected chi connectivity index (χ3v) is 3.76. The zero-order valence-electron chi connectivity index (χ0n) is 13.0. The quantitative estimate of drug-likeness (QED) is 0.870. The number of anilines is 1. The largest absolute Gasteiger partial charge is 0.378 e. The zero-order valence-corrected chi connectivity index (χ0v) is 13.0. The second-order valence-electron chi connectivity index (χ2n) is 5.68. The van der Waals surface area contributed by atoms with Gasteiger partial charge in [-0.05, 0) is 5.92 Å². The van der Waals surface area contributed by atoms with Crippen molar-refractivity contribution >= 4 is 17.5 Å². The van der Waals surface area contributed by atoms with Gasteiger partial charge in [-0.25, -0.2) is 4.98 Å². The Labute approximate surface area is 128 Å². The lowest BCUT2D eigenvalue weighted by Crippen LogP contribution is -2.58. The number of fused-ring (bicyclic) bond motifs is 1. The minimum absolute atomic E-state index is 0.0413. The van der Waals surface area contributed by atoms with Gasteiger partial charge in [0.15, 0.2) is 0 Å². The first kappa shape index (κ1) is 14.7. The number of aromatic nitrogens is 4. The van der Waals surface area contributed by atoms with Gasteiger partial charge in [-0.2, -0.15) is 14.6 Å². The third-order valence-electron chi connectivity index (χ3n) is 3.76. The molecule has 2 aromatic rings. The van der Waals surface area contributed by atoms with Gasteiger partial charge in [0.25, 0.3) is 5.78 Å². The Kier molecular flexibility index (Phi) is 3.93. The lowest BCUT2D eigenvalue weighted by molar-refractivity contribution is -0.124. The minimum atomic E-state index is -0.237. The summed E-state index contributed by atoms with van der Waals surface area (Å²) in [6, 6.07) is 1.68. The van der Waals surface area contributed by atoms with E-state index in [2.05, 4.69) is 25.3 Å². The molecule has 0 saturated carbocycles. The number of nitrogens with zero attached hydrogens (tertiary/aromatic N) is 5. The second-order valence-corrected chi connectivity index (χ2v) is 5.68. The molecule has 118 valence electrons. The van der Waals surface area contributed by atoms with E-state index < -0.39 is 0 Å². The number of methoxy groups -OCH3 is 1. The molecule has 1 aliphatic rings. The summed E-state index contributed by atoms with van der Waals surface area (Å²) in [7, 11) is 1.63. The molecule has 8 heteroatoms. The smallest absolute Gasteiger partial charge is 0.254 e. The van der Waals surface area contributed by atoms with Crippen molar-refractivity contribution in [3.63, 3.8) is 0 Å². The van der Waals surface area contributed by atoms with E-state index in [1.165, 1.54) is 6.33 Å². The SMILES string of the molecule is COCc1cc(N2CCNC(=O)[C@H]2C(C)C)n2ncnc2n1. The minimum Gasteiger partial charge on any atom is -0.378 e. The van der Waals surface area contributed by atoms with Crippen molar-refractivity contribution in [3.8, 4) is 0 Å². The summed E-state index contributed by atoms with van der Waals surface area (Å²) in [6.45, 7) is 5.81. The maximum Gasteiger partial charge on any atom is 0.254 e. The van der Waals surface area contributed by atoms with Crippen molar-refractivity contribution in [2.75, 3.05) is 25.1 Å². The molecule has 0 radical (unpaired) electrons. The molecule has 1 fully saturated rings. The number of amides is 1. The Balaban J connectivity index is 2.10. The van der Waals surface area contributed by atoms with Crippen LogP contribution in [0.4, 0.5) is 5.82 Å². The third kappa shape index (κ3) is 2.50. The predicted octanol–water partition coefficient (Wildman–Crippen LogP) is 0.232. The second kappa shape index (κ2) is 5.88. The average Bonchev–Trinajstić information content (AvgIpc) is 2.94. The van der Waals surface area contributed by atoms with E-state index in [-0.39, 0.29) is 17.9 Å². The molecule has 2 aromatic heterocycles. The van der Waals surface area contributed by atoms with E-state index in [1.807, 2.05) is 19.9 Å². The molecule has 1 N–H and O–H groups in total. The summed E-state index contributed by atoms with van der Waals surface area (Å²) in [6.07, 6.45) is 1.47. The summed E-state index contributed by atoms with van der Waals surface area (Å²) in [5, 5.41) is 7.17. The van der Waals surface area contributed by atoms with Gasteiger partial charge in [0.05, 0.1) is 12.3 Å². The van der Waals surface area contributed by atoms with E-state index in [0.717, 1.165) is 18.1 Å². The van der Waals surface area contributed by atoms with Gasteiger partial charge < -0.3 is 15.0 Å². The van der Waals surface area contributed by atoms with Gasteiger partial charge in [0.2, 0.25) is 5.91 Å². The number of nitrogens with one attached hydrogen (secondary N) is 1. The van der Waals surface area contributed by atoms with Crippen LogP contribution in [-0.2, 0) is 16.1 Å². The molecule has 1 amide bonds. The average molecular weight is 304 g/mol. The molecule has 1 saturated heterocycles. The Bertz CT molecular complexity index is 683. The van der Waals surface area contributed by atoms with Gasteiger partial charge in [0, 0.05) is 26.3 Å². The Morgan fingerprint density at radius 2 is 2.32 bits per heavy atom. The van der Waals surface area contributed by atoms with Gasteiger partial charge >= 0.3 is 0 Å². The Morgan fingerprint density at radius 3 is 3.05 bits per heavy atom. The van der Waals surface area contributed by atoms with E-state index in [9.17, 15) is 4.79 Å². The van der Waals surface area contributed by atoms with Gasteiger partial charge in [-0.1, -0.05) is 13.8 Å². The Hall–Kier alpha value is -2.22. The van der Waals surface area contributed by atoms with Crippen LogP contribution in [0.5, 0.6) is 0 Å². The van der Waals surface area contributed by atoms with Crippen molar-refractivity contribution in [2.45, 2.75) is 26.5 Å². The van der Waals surface area contributed by atoms with E-state index in [1.54, 1.807) is 11.6 Å². The zero-order chi connectivity index (χ0) is 15.7. The van der Waals surface area contributed by atoms with E-state index in [0.29, 0.717) is 18.9 Å². The molecule has 0 aromatic carbocycles. The number of hydrogen-bond donors (Lipinski definition) is 1. The molecule has 0 spiro atoms. The molecule has 22 heavy (non-hydrogen) atoms. The number of carbonyl (C=O) groups excluding carboxylic acids is 1. The van der Waals surface area contributed by atoms with Crippen LogP contribution in [0.15, 0.2) is 12.4 Å². The van der Waals surface area contributed by atoms with Crippen LogP contribution in [0.1, 0.15) is 19.5 Å². The van der Waals surface area contributed by atoms with Crippen LogP contribution >= 0.6 is 0 Å². The van der Waals surface area contributed by atoms with Crippen LogP contribution in [0.3, 0.4) is 0 Å².